The molecule has 2 N–H and O–H groups in total. The van der Waals surface area contributed by atoms with E-state index in [4.69, 9.17) is 4.99 Å². The molecule has 0 fully saturated rings. The van der Waals surface area contributed by atoms with Gasteiger partial charge >= 0.3 is 0 Å². The van der Waals surface area contributed by atoms with Gasteiger partial charge in [-0.3, -0.25) is 9.36 Å². The average Bonchev–Trinajstić information content (AvgIpc) is 2.91. The molecule has 0 amide bonds. The first-order valence-corrected chi connectivity index (χ1v) is 8.35. The summed E-state index contributed by atoms with van der Waals surface area (Å²) in [6, 6.07) is 0. The van der Waals surface area contributed by atoms with E-state index in [-0.39, 0.29) is 24.0 Å². The van der Waals surface area contributed by atoms with E-state index in [2.05, 4.69) is 41.6 Å². The second-order valence-corrected chi connectivity index (χ2v) is 6.09. The van der Waals surface area contributed by atoms with Crippen LogP contribution in [-0.2, 0) is 27.2 Å². The predicted octanol–water partition coefficient (Wildman–Crippen LogP) is 2.26. The maximum Gasteiger partial charge on any atom is 0.191 e. The fraction of sp³-hybridized carbons (Fsp3) is 0.588. The summed E-state index contributed by atoms with van der Waals surface area (Å²) in [5.41, 5.74) is 6.83. The van der Waals surface area contributed by atoms with Crippen molar-refractivity contribution < 1.29 is 0 Å². The smallest absolute Gasteiger partial charge is 0.191 e. The molecule has 2 aromatic rings. The van der Waals surface area contributed by atoms with Gasteiger partial charge < -0.3 is 10.6 Å². The Kier molecular flexibility index (Phi) is 7.91. The largest absolute Gasteiger partial charge is 0.357 e. The van der Waals surface area contributed by atoms with Crippen LogP contribution in [0.1, 0.15) is 40.8 Å². The molecule has 0 unspecified atom stereocenters. The molecule has 0 saturated heterocycles. The number of aryl methyl sites for hydroxylation is 4. The second kappa shape index (κ2) is 9.21. The molecule has 0 aliphatic heterocycles. The van der Waals surface area contributed by atoms with Crippen LogP contribution >= 0.6 is 24.0 Å². The molecule has 0 aliphatic carbocycles. The lowest BCUT2D eigenvalue weighted by Gasteiger charge is -2.12. The highest BCUT2D eigenvalue weighted by atomic mass is 127. The van der Waals surface area contributed by atoms with Crippen molar-refractivity contribution in [2.24, 2.45) is 19.1 Å². The zero-order chi connectivity index (χ0) is 17.9. The minimum Gasteiger partial charge on any atom is -0.357 e. The van der Waals surface area contributed by atoms with E-state index in [1.807, 2.05) is 37.3 Å². The Morgan fingerprint density at radius 1 is 0.920 bits per heavy atom. The molecular weight excluding hydrogens is 429 g/mol. The molecule has 0 spiro atoms. The number of nitrogens with zero attached hydrogens (tertiary/aromatic N) is 5. The van der Waals surface area contributed by atoms with E-state index in [0.29, 0.717) is 13.1 Å². The van der Waals surface area contributed by atoms with Gasteiger partial charge in [0.2, 0.25) is 0 Å². The second-order valence-electron chi connectivity index (χ2n) is 6.09. The first-order valence-electron chi connectivity index (χ1n) is 8.35. The average molecular weight is 459 g/mol. The van der Waals surface area contributed by atoms with Gasteiger partial charge in [-0.05, 0) is 34.6 Å². The Morgan fingerprint density at radius 2 is 1.44 bits per heavy atom. The molecule has 0 atom stereocenters. The monoisotopic (exact) mass is 459 g/mol. The summed E-state index contributed by atoms with van der Waals surface area (Å²) >= 11 is 0. The Morgan fingerprint density at radius 3 is 1.88 bits per heavy atom. The van der Waals surface area contributed by atoms with Gasteiger partial charge in [0, 0.05) is 49.7 Å². The van der Waals surface area contributed by atoms with Crippen molar-refractivity contribution in [1.29, 1.82) is 0 Å². The van der Waals surface area contributed by atoms with Crippen LogP contribution in [0.5, 0.6) is 0 Å². The minimum atomic E-state index is 0. The highest BCUT2D eigenvalue weighted by Gasteiger charge is 2.11. The lowest BCUT2D eigenvalue weighted by molar-refractivity contribution is 0.728. The number of nitrogens with one attached hydrogen (secondary N) is 2. The molecule has 25 heavy (non-hydrogen) atoms. The third-order valence-electron chi connectivity index (χ3n) is 4.49. The predicted molar refractivity (Wildman–Crippen MR) is 112 cm³/mol. The van der Waals surface area contributed by atoms with E-state index in [0.717, 1.165) is 29.6 Å². The lowest BCUT2D eigenvalue weighted by Crippen LogP contribution is -2.37. The van der Waals surface area contributed by atoms with Gasteiger partial charge in [-0.2, -0.15) is 10.2 Å². The summed E-state index contributed by atoms with van der Waals surface area (Å²) in [6.45, 7) is 12.4. The maximum absolute atomic E-state index is 4.71. The van der Waals surface area contributed by atoms with E-state index in [9.17, 15) is 0 Å². The topological polar surface area (TPSA) is 72.1 Å². The van der Waals surface area contributed by atoms with Crippen molar-refractivity contribution in [3.05, 3.63) is 33.9 Å². The van der Waals surface area contributed by atoms with Gasteiger partial charge in [0.1, 0.15) is 0 Å². The maximum atomic E-state index is 4.71. The molecule has 140 valence electrons. The van der Waals surface area contributed by atoms with E-state index in [1.54, 1.807) is 0 Å². The van der Waals surface area contributed by atoms with Crippen molar-refractivity contribution in [3.63, 3.8) is 0 Å². The van der Waals surface area contributed by atoms with Crippen molar-refractivity contribution >= 4 is 29.9 Å². The molecule has 2 aromatic heterocycles. The molecule has 7 nitrogen and oxygen atoms in total. The third-order valence-corrected chi connectivity index (χ3v) is 4.49. The molecular formula is C17H30IN7. The zero-order valence-electron chi connectivity index (χ0n) is 16.3. The molecule has 8 heteroatoms. The molecule has 2 heterocycles. The molecule has 0 aliphatic rings. The number of halogens is 1. The quantitative estimate of drug-likeness (QED) is 0.409. The van der Waals surface area contributed by atoms with Gasteiger partial charge in [-0.15, -0.1) is 24.0 Å². The van der Waals surface area contributed by atoms with Crippen LogP contribution in [0.15, 0.2) is 4.99 Å². The number of guanidine groups is 1. The Hall–Kier alpha value is -1.58. The Labute approximate surface area is 167 Å². The van der Waals surface area contributed by atoms with Gasteiger partial charge in [-0.25, -0.2) is 4.99 Å². The Bertz CT molecular complexity index is 743. The fourth-order valence-corrected chi connectivity index (χ4v) is 2.79. The molecule has 0 radical (unpaired) electrons. The summed E-state index contributed by atoms with van der Waals surface area (Å²) in [4.78, 5) is 4.71. The van der Waals surface area contributed by atoms with Crippen LogP contribution in [0.25, 0.3) is 0 Å². The molecule has 0 saturated carbocycles. The standard InChI is InChI=1S/C17H29N7.HI/c1-8-18-17(19-9-15-11(2)21-23(6)13(15)4)20-10-16-12(3)22-24(7)14(16)5;/h8-10H2,1-7H3,(H2,18,19,20);1H. The number of hydrogen-bond acceptors (Lipinski definition) is 3. The first-order chi connectivity index (χ1) is 11.3. The van der Waals surface area contributed by atoms with Gasteiger partial charge in [-0.1, -0.05) is 0 Å². The normalized spacial score (nSPS) is 11.4. The Balaban J connectivity index is 0.00000312. The number of hydrogen-bond donors (Lipinski definition) is 2. The van der Waals surface area contributed by atoms with Crippen LogP contribution < -0.4 is 10.6 Å². The minimum absolute atomic E-state index is 0. The van der Waals surface area contributed by atoms with Gasteiger partial charge in [0.15, 0.2) is 5.96 Å². The van der Waals surface area contributed by atoms with Gasteiger partial charge in [0.05, 0.1) is 17.9 Å². The van der Waals surface area contributed by atoms with Crippen LogP contribution in [0.4, 0.5) is 0 Å². The zero-order valence-corrected chi connectivity index (χ0v) is 18.6. The van der Waals surface area contributed by atoms with Crippen molar-refractivity contribution in [2.45, 2.75) is 47.7 Å². The summed E-state index contributed by atoms with van der Waals surface area (Å²) in [5, 5.41) is 15.6. The summed E-state index contributed by atoms with van der Waals surface area (Å²) in [6.07, 6.45) is 0. The SMILES string of the molecule is CCNC(=NCc1c(C)nn(C)c1C)NCc1c(C)nn(C)c1C.I. The summed E-state index contributed by atoms with van der Waals surface area (Å²) in [7, 11) is 3.94. The van der Waals surface area contributed by atoms with Crippen LogP contribution in [0.3, 0.4) is 0 Å². The first kappa shape index (κ1) is 21.5. The summed E-state index contributed by atoms with van der Waals surface area (Å²) in [5.74, 6) is 0.808. The van der Waals surface area contributed by atoms with E-state index < -0.39 is 0 Å². The molecule has 2 rings (SSSR count). The van der Waals surface area contributed by atoms with Crippen LogP contribution in [0, 0.1) is 27.7 Å². The lowest BCUT2D eigenvalue weighted by atomic mass is 10.2. The number of rotatable bonds is 5. The van der Waals surface area contributed by atoms with Crippen LogP contribution in [-0.4, -0.2) is 32.1 Å². The van der Waals surface area contributed by atoms with Crippen LogP contribution in [0.2, 0.25) is 0 Å². The number of aromatic nitrogens is 4. The molecule has 0 aromatic carbocycles. The summed E-state index contributed by atoms with van der Waals surface area (Å²) < 4.78 is 3.82. The third kappa shape index (κ3) is 4.96. The van der Waals surface area contributed by atoms with Crippen molar-refractivity contribution in [3.8, 4) is 0 Å². The van der Waals surface area contributed by atoms with Gasteiger partial charge in [0.25, 0.3) is 0 Å². The van der Waals surface area contributed by atoms with Crippen molar-refractivity contribution in [2.75, 3.05) is 6.54 Å². The molecule has 0 bridgehead atoms. The van der Waals surface area contributed by atoms with E-state index >= 15 is 0 Å². The fourth-order valence-electron chi connectivity index (χ4n) is 2.79. The van der Waals surface area contributed by atoms with E-state index in [1.165, 1.54) is 16.8 Å². The number of aliphatic imine (C=N–C) groups is 1. The van der Waals surface area contributed by atoms with Crippen molar-refractivity contribution in [1.82, 2.24) is 30.2 Å². The highest BCUT2D eigenvalue weighted by Crippen LogP contribution is 2.13. The highest BCUT2D eigenvalue weighted by molar-refractivity contribution is 14.0.